The highest BCUT2D eigenvalue weighted by Gasteiger charge is 2.49. The van der Waals surface area contributed by atoms with E-state index in [9.17, 15) is 52.3 Å². The van der Waals surface area contributed by atoms with Crippen molar-refractivity contribution in [3.8, 4) is 0 Å². The van der Waals surface area contributed by atoms with E-state index in [-0.39, 0.29) is 90.5 Å². The van der Waals surface area contributed by atoms with Gasteiger partial charge in [0.15, 0.2) is 0 Å². The minimum Gasteiger partial charge on any atom is -0.370 e. The number of carbonyl (C=O) groups is 6. The lowest BCUT2D eigenvalue weighted by atomic mass is 9.85. The number of thiophene rings is 1. The molecule has 0 bridgehead atoms. The molecule has 23 heteroatoms. The number of hydrogen-bond acceptors (Lipinski definition) is 11. The van der Waals surface area contributed by atoms with Gasteiger partial charge in [0.25, 0.3) is 5.91 Å². The lowest BCUT2D eigenvalue weighted by Crippen LogP contribution is -2.60. The molecule has 0 saturated carbocycles. The van der Waals surface area contributed by atoms with Crippen LogP contribution in [0.1, 0.15) is 97.3 Å². The second-order valence-corrected chi connectivity index (χ2v) is 23.6. The van der Waals surface area contributed by atoms with Crippen molar-refractivity contribution in [3.05, 3.63) is 105 Å². The van der Waals surface area contributed by atoms with E-state index in [0.29, 0.717) is 43.4 Å². The Labute approximate surface area is 434 Å². The molecule has 5 aromatic rings. The summed E-state index contributed by atoms with van der Waals surface area (Å²) < 4.78 is 57.3. The number of rotatable bonds is 13. The molecule has 0 spiro atoms. The van der Waals surface area contributed by atoms with Crippen LogP contribution in [0.5, 0.6) is 0 Å². The summed E-state index contributed by atoms with van der Waals surface area (Å²) in [5.74, 6) is -6.83. The molecule has 0 radical (unpaired) electrons. The van der Waals surface area contributed by atoms with Gasteiger partial charge in [-0.25, -0.2) is 13.6 Å². The maximum atomic E-state index is 15.5. The number of aromatic nitrogens is 2. The van der Waals surface area contributed by atoms with Gasteiger partial charge in [-0.15, -0.1) is 11.3 Å². The Morgan fingerprint density at radius 3 is 2.36 bits per heavy atom. The number of hydrogen-bond donors (Lipinski definition) is 4. The summed E-state index contributed by atoms with van der Waals surface area (Å²) in [6.45, 7) is 6.44. The Morgan fingerprint density at radius 2 is 1.67 bits per heavy atom. The van der Waals surface area contributed by atoms with Crippen molar-refractivity contribution in [2.45, 2.75) is 95.5 Å². The number of likely N-dealkylation sites (tertiary alicyclic amines) is 2. The summed E-state index contributed by atoms with van der Waals surface area (Å²) in [4.78, 5) is 119. The Bertz CT molecular complexity index is 3160. The van der Waals surface area contributed by atoms with Crippen molar-refractivity contribution in [1.82, 2.24) is 34.5 Å². The molecule has 2 aromatic heterocycles. The van der Waals surface area contributed by atoms with Gasteiger partial charge in [-0.3, -0.25) is 47.8 Å². The molecule has 4 fully saturated rings. The van der Waals surface area contributed by atoms with E-state index in [1.807, 2.05) is 48.5 Å². The van der Waals surface area contributed by atoms with Gasteiger partial charge in [0.05, 0.1) is 35.2 Å². The van der Waals surface area contributed by atoms with Crippen molar-refractivity contribution in [1.29, 1.82) is 0 Å². The molecule has 3 aromatic carbocycles. The lowest BCUT2D eigenvalue weighted by molar-refractivity contribution is -0.156. The molecule has 6 amide bonds. The number of halogens is 2. The Kier molecular flexibility index (Phi) is 15.4. The number of piperidine rings is 2. The van der Waals surface area contributed by atoms with Crippen LogP contribution in [0.25, 0.3) is 21.1 Å². The fourth-order valence-corrected chi connectivity index (χ4v) is 12.2. The van der Waals surface area contributed by atoms with Crippen LogP contribution in [-0.4, -0.2) is 133 Å². The highest BCUT2D eigenvalue weighted by Crippen LogP contribution is 2.54. The largest absolute Gasteiger partial charge is 0.370 e. The van der Waals surface area contributed by atoms with Gasteiger partial charge in [-0.05, 0) is 78.8 Å². The number of morpholine rings is 1. The summed E-state index contributed by atoms with van der Waals surface area (Å²) in [6, 6.07) is 15.2. The summed E-state index contributed by atoms with van der Waals surface area (Å²) in [5, 5.41) is 4.89. The van der Waals surface area contributed by atoms with Crippen LogP contribution in [0.2, 0.25) is 0 Å². The standard InChI is InChI=1S/C52H60F2N7O12PS/c1-52(2,3)45(56-48(65)40-26-33-39(75-40)14-11-32(43(33)53)46(54)74(69,70)71)50(67)60-21-18-37(44(60)49(66)59-22-23-72-38(27-59)31-8-6-5-7-9-31)73-28-42(63)58-19-16-29(17-20-58)24-30-10-12-34-36(25-30)57(4)51(68)61(34)35-13-15-41(62)55-47(35)64/h5-12,14,25-26,29,35,37-38,44-46H,13,15-24,27-28H2,1-4H3,(H,56,65)(H,55,62,64)(H2,69,70,71)/t35?,37-,38+,44+,45-,46-/m1/s1. The van der Waals surface area contributed by atoms with Crippen molar-refractivity contribution in [2.24, 2.45) is 18.4 Å². The molecule has 19 nitrogen and oxygen atoms in total. The minimum atomic E-state index is -5.35. The van der Waals surface area contributed by atoms with Crippen LogP contribution in [0.15, 0.2) is 71.5 Å². The van der Waals surface area contributed by atoms with E-state index in [0.717, 1.165) is 34.6 Å². The fraction of sp³-hybridized carbons (Fsp3) is 0.481. The lowest BCUT2D eigenvalue weighted by Gasteiger charge is -2.39. The number of fused-ring (bicyclic) bond motifs is 2. The Hall–Kier alpha value is -6.16. The number of carbonyl (C=O) groups excluding carboxylic acids is 6. The Balaban J connectivity index is 0.881. The molecule has 4 aliphatic heterocycles. The highest BCUT2D eigenvalue weighted by atomic mass is 32.1. The van der Waals surface area contributed by atoms with Gasteiger partial charge >= 0.3 is 13.3 Å². The smallest absolute Gasteiger partial charge is 0.364 e. The zero-order chi connectivity index (χ0) is 53.7. The number of nitrogens with one attached hydrogen (secondary N) is 2. The van der Waals surface area contributed by atoms with Crippen LogP contribution >= 0.6 is 18.9 Å². The third-order valence-corrected chi connectivity index (χ3v) is 16.8. The molecule has 400 valence electrons. The maximum Gasteiger partial charge on any atom is 0.364 e. The van der Waals surface area contributed by atoms with Crippen molar-refractivity contribution < 1.29 is 61.4 Å². The first-order chi connectivity index (χ1) is 35.6. The molecule has 4 aliphatic rings. The number of alkyl halides is 1. The van der Waals surface area contributed by atoms with Gasteiger partial charge in [0.2, 0.25) is 35.4 Å². The van der Waals surface area contributed by atoms with E-state index >= 15 is 4.39 Å². The molecule has 0 aliphatic carbocycles. The van der Waals surface area contributed by atoms with Crippen molar-refractivity contribution in [2.75, 3.05) is 45.9 Å². The molecule has 6 heterocycles. The normalized spacial score (nSPS) is 21.9. The number of aryl methyl sites for hydroxylation is 1. The number of amides is 6. The molecule has 4 N–H and O–H groups in total. The minimum absolute atomic E-state index is 0.0524. The van der Waals surface area contributed by atoms with Gasteiger partial charge < -0.3 is 39.3 Å². The van der Waals surface area contributed by atoms with Crippen LogP contribution in [-0.2, 0) is 51.5 Å². The summed E-state index contributed by atoms with van der Waals surface area (Å²) in [5.41, 5.74) is 0.983. The first kappa shape index (κ1) is 53.7. The van der Waals surface area contributed by atoms with Gasteiger partial charge in [-0.1, -0.05) is 63.2 Å². The monoisotopic (exact) mass is 1080 g/mol. The highest BCUT2D eigenvalue weighted by molar-refractivity contribution is 7.51. The van der Waals surface area contributed by atoms with Crippen LogP contribution in [0.3, 0.4) is 0 Å². The summed E-state index contributed by atoms with van der Waals surface area (Å²) >= 11 is 0.843. The van der Waals surface area contributed by atoms with Crippen molar-refractivity contribution >= 4 is 75.5 Å². The average molecular weight is 1080 g/mol. The van der Waals surface area contributed by atoms with Gasteiger partial charge in [-0.2, -0.15) is 0 Å². The average Bonchev–Trinajstić information content (AvgIpc) is 4.09. The number of nitrogens with zero attached hydrogens (tertiary/aromatic N) is 5. The van der Waals surface area contributed by atoms with E-state index in [1.54, 1.807) is 37.6 Å². The third kappa shape index (κ3) is 11.1. The summed E-state index contributed by atoms with van der Waals surface area (Å²) in [7, 11) is -3.69. The van der Waals surface area contributed by atoms with E-state index < -0.39 is 84.3 Å². The van der Waals surface area contributed by atoms with Gasteiger partial charge in [0.1, 0.15) is 36.7 Å². The zero-order valence-electron chi connectivity index (χ0n) is 41.9. The van der Waals surface area contributed by atoms with Gasteiger partial charge in [0, 0.05) is 55.3 Å². The number of ether oxygens (including phenoxy) is 2. The van der Waals surface area contributed by atoms with E-state index in [2.05, 4.69) is 10.6 Å². The predicted octanol–water partition coefficient (Wildman–Crippen LogP) is 5.03. The van der Waals surface area contributed by atoms with Crippen LogP contribution < -0.4 is 16.3 Å². The SMILES string of the molecule is Cn1c(=O)n(C2CCC(=O)NC2=O)c2ccc(CC3CCN(C(=O)CO[C@@H]4CCN(C(=O)[C@@H](NC(=O)c5cc6c(F)c([C@H](F)P(=O)(O)O)ccc6s5)C(C)(C)C)[C@@H]4C(=O)N4CCO[C@H](c5ccccc5)C4)CC3)cc21. The second kappa shape index (κ2) is 21.5. The number of benzene rings is 3. The zero-order valence-corrected chi connectivity index (χ0v) is 43.6. The maximum absolute atomic E-state index is 15.5. The second-order valence-electron chi connectivity index (χ2n) is 20.9. The molecule has 9 rings (SSSR count). The molecule has 4 saturated heterocycles. The van der Waals surface area contributed by atoms with Crippen molar-refractivity contribution in [3.63, 3.8) is 0 Å². The van der Waals surface area contributed by atoms with Crippen LogP contribution in [0.4, 0.5) is 8.78 Å². The molecule has 75 heavy (non-hydrogen) atoms. The molecular formula is C52H60F2N7O12PS. The van der Waals surface area contributed by atoms with Crippen LogP contribution in [0, 0.1) is 17.2 Å². The fourth-order valence-electron chi connectivity index (χ4n) is 10.7. The summed E-state index contributed by atoms with van der Waals surface area (Å²) in [6.07, 6.45) is 1.31. The Morgan fingerprint density at radius 1 is 0.933 bits per heavy atom. The third-order valence-electron chi connectivity index (χ3n) is 14.8. The molecule has 6 atom stereocenters. The first-order valence-electron chi connectivity index (χ1n) is 25.0. The topological polar surface area (TPSA) is 239 Å². The molecule has 1 unspecified atom stereocenters. The van der Waals surface area contributed by atoms with E-state index in [1.165, 1.54) is 20.1 Å². The quantitative estimate of drug-likeness (QED) is 0.0898. The number of imidazole rings is 1. The van der Waals surface area contributed by atoms with E-state index in [4.69, 9.17) is 9.47 Å². The first-order valence-corrected chi connectivity index (χ1v) is 27.5. The number of imide groups is 1. The predicted molar refractivity (Wildman–Crippen MR) is 272 cm³/mol. The molecular weight excluding hydrogens is 1020 g/mol.